The molecule has 0 aromatic heterocycles. The minimum Gasteiger partial charge on any atom is -0.461 e. The molecule has 0 aliphatic carbocycles. The summed E-state index contributed by atoms with van der Waals surface area (Å²) in [6.07, 6.45) is -2.97. The van der Waals surface area contributed by atoms with E-state index >= 15 is 0 Å². The molecule has 0 spiro atoms. The summed E-state index contributed by atoms with van der Waals surface area (Å²) < 4.78 is 47.1. The zero-order chi connectivity index (χ0) is 18.1. The van der Waals surface area contributed by atoms with Gasteiger partial charge in [0, 0.05) is 12.8 Å². The van der Waals surface area contributed by atoms with Gasteiger partial charge in [0.1, 0.15) is 18.1 Å². The van der Waals surface area contributed by atoms with Crippen LogP contribution >= 0.6 is 0 Å². The number of ether oxygens (including phenoxy) is 2. The summed E-state index contributed by atoms with van der Waals surface area (Å²) in [4.78, 5) is 11.6. The summed E-state index contributed by atoms with van der Waals surface area (Å²) in [5.74, 6) is -0.766. The summed E-state index contributed by atoms with van der Waals surface area (Å²) >= 11 is 0. The van der Waals surface area contributed by atoms with Gasteiger partial charge in [0.2, 0.25) is 0 Å². The molecule has 25 heavy (non-hydrogen) atoms. The lowest BCUT2D eigenvalue weighted by molar-refractivity contribution is -0.145. The first-order valence-electron chi connectivity index (χ1n) is 7.71. The number of carbonyl (C=O) groups is 1. The van der Waals surface area contributed by atoms with Crippen LogP contribution in [0.25, 0.3) is 0 Å². The van der Waals surface area contributed by atoms with Crippen molar-refractivity contribution in [3.8, 4) is 11.5 Å². The molecule has 0 atom stereocenters. The molecule has 2 aromatic carbocycles. The van der Waals surface area contributed by atoms with Gasteiger partial charge >= 0.3 is 12.0 Å². The van der Waals surface area contributed by atoms with E-state index in [0.29, 0.717) is 11.5 Å². The summed E-state index contributed by atoms with van der Waals surface area (Å²) in [5, 5.41) is 0. The van der Waals surface area contributed by atoms with E-state index in [0.717, 1.165) is 5.56 Å². The minimum atomic E-state index is -2.34. The monoisotopic (exact) mass is 350 g/mol. The topological polar surface area (TPSA) is 35.5 Å². The van der Waals surface area contributed by atoms with Crippen molar-refractivity contribution in [1.82, 2.24) is 0 Å². The normalized spacial score (nSPS) is 10.2. The third-order valence-electron chi connectivity index (χ3n) is 3.26. The number of carbonyl (C=O) groups excluding carboxylic acids is 1. The molecule has 0 heterocycles. The smallest absolute Gasteiger partial charge is 0.306 e. The van der Waals surface area contributed by atoms with E-state index in [4.69, 9.17) is 9.47 Å². The van der Waals surface area contributed by atoms with Gasteiger partial charge in [-0.3, -0.25) is 4.79 Å². The van der Waals surface area contributed by atoms with Crippen LogP contribution in [0.5, 0.6) is 11.5 Å². The first-order chi connectivity index (χ1) is 12.0. The molecule has 0 aliphatic rings. The van der Waals surface area contributed by atoms with Crippen LogP contribution in [0.4, 0.5) is 13.2 Å². The number of halogens is 3. The number of esters is 1. The standard InChI is InChI=1S/C19H17F3O3/c20-17(19(21)22)10-5-11-18(23)24-13-14-6-4-9-16(12-14)25-15-7-2-1-3-8-15/h1-4,6-9,12H,5,10-11,13H2. The number of allylic oxidation sites excluding steroid dienone is 1. The van der Waals surface area contributed by atoms with Crippen LogP contribution in [0.2, 0.25) is 0 Å². The molecule has 132 valence electrons. The van der Waals surface area contributed by atoms with Crippen LogP contribution in [0.1, 0.15) is 24.8 Å². The Labute approximate surface area is 143 Å². The Morgan fingerprint density at radius 1 is 0.880 bits per heavy atom. The number of benzene rings is 2. The highest BCUT2D eigenvalue weighted by Gasteiger charge is 2.08. The highest BCUT2D eigenvalue weighted by atomic mass is 19.3. The van der Waals surface area contributed by atoms with Crippen LogP contribution in [-0.4, -0.2) is 5.97 Å². The lowest BCUT2D eigenvalue weighted by Crippen LogP contribution is -2.04. The van der Waals surface area contributed by atoms with Crippen molar-refractivity contribution in [2.45, 2.75) is 25.9 Å². The number of hydrogen-bond donors (Lipinski definition) is 0. The third-order valence-corrected chi connectivity index (χ3v) is 3.26. The van der Waals surface area contributed by atoms with E-state index < -0.39 is 24.3 Å². The summed E-state index contributed by atoms with van der Waals surface area (Å²) in [6, 6.07) is 16.3. The maximum atomic E-state index is 12.6. The van der Waals surface area contributed by atoms with Crippen LogP contribution in [0.15, 0.2) is 66.5 Å². The fourth-order valence-corrected chi connectivity index (χ4v) is 2.04. The van der Waals surface area contributed by atoms with Gasteiger partial charge in [-0.2, -0.15) is 8.78 Å². The maximum absolute atomic E-state index is 12.6. The predicted octanol–water partition coefficient (Wildman–Crippen LogP) is 5.77. The largest absolute Gasteiger partial charge is 0.461 e. The van der Waals surface area contributed by atoms with Crippen LogP contribution in [0, 0.1) is 0 Å². The van der Waals surface area contributed by atoms with Crippen molar-refractivity contribution in [3.05, 3.63) is 72.1 Å². The zero-order valence-electron chi connectivity index (χ0n) is 13.4. The van der Waals surface area contributed by atoms with Gasteiger partial charge in [-0.25, -0.2) is 4.39 Å². The molecule has 0 N–H and O–H groups in total. The fourth-order valence-electron chi connectivity index (χ4n) is 2.04. The Balaban J connectivity index is 1.80. The van der Waals surface area contributed by atoms with E-state index in [1.165, 1.54) is 0 Å². The Morgan fingerprint density at radius 3 is 2.32 bits per heavy atom. The zero-order valence-corrected chi connectivity index (χ0v) is 13.4. The molecule has 2 aromatic rings. The fraction of sp³-hybridized carbons (Fsp3) is 0.211. The maximum Gasteiger partial charge on any atom is 0.306 e. The average molecular weight is 350 g/mol. The molecule has 0 saturated carbocycles. The molecule has 0 saturated heterocycles. The lowest BCUT2D eigenvalue weighted by Gasteiger charge is -2.08. The van der Waals surface area contributed by atoms with Crippen molar-refractivity contribution in [2.24, 2.45) is 0 Å². The van der Waals surface area contributed by atoms with Crippen LogP contribution in [-0.2, 0) is 16.1 Å². The van der Waals surface area contributed by atoms with E-state index in [9.17, 15) is 18.0 Å². The molecular formula is C19H17F3O3. The van der Waals surface area contributed by atoms with Crippen molar-refractivity contribution in [3.63, 3.8) is 0 Å². The molecule has 0 amide bonds. The highest BCUT2D eigenvalue weighted by Crippen LogP contribution is 2.22. The molecule has 3 nitrogen and oxygen atoms in total. The van der Waals surface area contributed by atoms with Gasteiger partial charge in [0.25, 0.3) is 0 Å². The first-order valence-corrected chi connectivity index (χ1v) is 7.71. The molecule has 0 fully saturated rings. The van der Waals surface area contributed by atoms with E-state index in [-0.39, 0.29) is 19.4 Å². The van der Waals surface area contributed by atoms with Crippen molar-refractivity contribution < 1.29 is 27.4 Å². The second-order valence-electron chi connectivity index (χ2n) is 5.24. The summed E-state index contributed by atoms with van der Waals surface area (Å²) in [7, 11) is 0. The summed E-state index contributed by atoms with van der Waals surface area (Å²) in [6.45, 7) is 0.0284. The second kappa shape index (κ2) is 9.52. The molecule has 6 heteroatoms. The van der Waals surface area contributed by atoms with Crippen LogP contribution in [0.3, 0.4) is 0 Å². The van der Waals surface area contributed by atoms with Gasteiger partial charge in [0.05, 0.1) is 0 Å². The number of hydrogen-bond acceptors (Lipinski definition) is 3. The number of para-hydroxylation sites is 1. The van der Waals surface area contributed by atoms with Crippen molar-refractivity contribution in [1.29, 1.82) is 0 Å². The van der Waals surface area contributed by atoms with Gasteiger partial charge in [-0.1, -0.05) is 30.3 Å². The van der Waals surface area contributed by atoms with Gasteiger partial charge in [-0.15, -0.1) is 0 Å². The van der Waals surface area contributed by atoms with E-state index in [1.54, 1.807) is 24.3 Å². The van der Waals surface area contributed by atoms with Gasteiger partial charge < -0.3 is 9.47 Å². The van der Waals surface area contributed by atoms with E-state index in [2.05, 4.69) is 0 Å². The second-order valence-corrected chi connectivity index (χ2v) is 5.24. The number of rotatable bonds is 8. The Hall–Kier alpha value is -2.76. The van der Waals surface area contributed by atoms with Crippen LogP contribution < -0.4 is 4.74 Å². The molecule has 2 rings (SSSR count). The van der Waals surface area contributed by atoms with Crippen molar-refractivity contribution in [2.75, 3.05) is 0 Å². The highest BCUT2D eigenvalue weighted by molar-refractivity contribution is 5.69. The average Bonchev–Trinajstić information content (AvgIpc) is 2.61. The Bertz CT molecular complexity index is 726. The Kier molecular flexibility index (Phi) is 7.07. The quantitative estimate of drug-likeness (QED) is 0.567. The van der Waals surface area contributed by atoms with E-state index in [1.807, 2.05) is 30.3 Å². The van der Waals surface area contributed by atoms with Gasteiger partial charge in [-0.05, 0) is 36.2 Å². The first kappa shape index (κ1) is 18.6. The predicted molar refractivity (Wildman–Crippen MR) is 87.0 cm³/mol. The lowest BCUT2D eigenvalue weighted by atomic mass is 10.2. The molecule has 0 radical (unpaired) electrons. The SMILES string of the molecule is O=C(CCCC(F)=C(F)F)OCc1cccc(Oc2ccccc2)c1. The molecule has 0 aliphatic heterocycles. The Morgan fingerprint density at radius 2 is 1.60 bits per heavy atom. The molecular weight excluding hydrogens is 333 g/mol. The third kappa shape index (κ3) is 6.71. The molecule has 0 unspecified atom stereocenters. The van der Waals surface area contributed by atoms with Gasteiger partial charge in [0.15, 0.2) is 5.83 Å². The molecule has 0 bridgehead atoms. The summed E-state index contributed by atoms with van der Waals surface area (Å²) in [5.41, 5.74) is 0.725. The minimum absolute atomic E-state index is 0.0284. The van der Waals surface area contributed by atoms with Crippen molar-refractivity contribution >= 4 is 5.97 Å².